The van der Waals surface area contributed by atoms with Crippen molar-refractivity contribution in [3.63, 3.8) is 0 Å². The molecule has 0 atom stereocenters. The number of hydrogen-bond acceptors (Lipinski definition) is 3. The maximum Gasteiger partial charge on any atom is 0.187 e. The van der Waals surface area contributed by atoms with Crippen molar-refractivity contribution in [3.05, 3.63) is 81.8 Å². The van der Waals surface area contributed by atoms with Crippen molar-refractivity contribution in [1.29, 1.82) is 0 Å². The van der Waals surface area contributed by atoms with Gasteiger partial charge in [0.15, 0.2) is 11.4 Å². The lowest BCUT2D eigenvalue weighted by Crippen LogP contribution is -1.83. The molecule has 2 rings (SSSR count). The molecular weight excluding hydrogens is 454 g/mol. The fourth-order valence-corrected chi connectivity index (χ4v) is 4.19. The Morgan fingerprint density at radius 1 is 0.821 bits per heavy atom. The van der Waals surface area contributed by atoms with E-state index in [4.69, 9.17) is 18.7 Å². The van der Waals surface area contributed by atoms with Crippen LogP contribution in [0.2, 0.25) is 0 Å². The van der Waals surface area contributed by atoms with E-state index < -0.39 is 0 Å². The van der Waals surface area contributed by atoms with Crippen molar-refractivity contribution in [1.82, 2.24) is 0 Å². The van der Waals surface area contributed by atoms with Crippen LogP contribution in [0.25, 0.3) is 20.1 Å². The molecule has 144 valence electrons. The van der Waals surface area contributed by atoms with Crippen LogP contribution in [0.5, 0.6) is 0 Å². The van der Waals surface area contributed by atoms with Crippen molar-refractivity contribution in [2.45, 2.75) is 22.6 Å². The first-order valence-electron chi connectivity index (χ1n) is 8.51. The first kappa shape index (κ1) is 23.9. The Balaban J connectivity index is 0.000000283. The van der Waals surface area contributed by atoms with Crippen LogP contribution in [0, 0.1) is 13.1 Å². The molecule has 5 nitrogen and oxygen atoms in total. The van der Waals surface area contributed by atoms with E-state index in [-0.39, 0.29) is 0 Å². The second-order valence-electron chi connectivity index (χ2n) is 5.26. The van der Waals surface area contributed by atoms with Gasteiger partial charge in [0.2, 0.25) is 0 Å². The van der Waals surface area contributed by atoms with E-state index in [0.717, 1.165) is 28.2 Å². The van der Waals surface area contributed by atoms with Gasteiger partial charge in [0, 0.05) is 26.6 Å². The first-order valence-corrected chi connectivity index (χ1v) is 11.6. The average Bonchev–Trinajstić information content (AvgIpc) is 2.75. The van der Waals surface area contributed by atoms with Gasteiger partial charge in [-0.25, -0.2) is 9.69 Å². The van der Waals surface area contributed by atoms with Gasteiger partial charge < -0.3 is 0 Å². The van der Waals surface area contributed by atoms with Gasteiger partial charge >= 0.3 is 0 Å². The van der Waals surface area contributed by atoms with Crippen LogP contribution in [-0.2, 0) is 0 Å². The predicted molar refractivity (Wildman–Crippen MR) is 124 cm³/mol. The molecule has 0 radical (unpaired) electrons. The second kappa shape index (κ2) is 15.9. The van der Waals surface area contributed by atoms with Gasteiger partial charge in [0.1, 0.15) is 0 Å². The molecule has 0 spiro atoms. The summed E-state index contributed by atoms with van der Waals surface area (Å²) in [4.78, 5) is 11.7. The minimum absolute atomic E-state index is 0.545. The zero-order valence-corrected chi connectivity index (χ0v) is 18.5. The molecule has 2 aromatic rings. The summed E-state index contributed by atoms with van der Waals surface area (Å²) in [5.41, 5.74) is 9.44. The maximum absolute atomic E-state index is 8.06. The zero-order valence-electron chi connectivity index (χ0n) is 15.3. The second-order valence-corrected chi connectivity index (χ2v) is 8.39. The molecule has 0 N–H and O–H groups in total. The Morgan fingerprint density at radius 2 is 1.29 bits per heavy atom. The third kappa shape index (κ3) is 10.9. The molecule has 0 aliphatic carbocycles. The SMILES string of the molecule is [C-]#[N+]c1ccc(SCCCBr)cc1.[C-]#[N+]c1ccc(SCCCN=[N+]=[N-])cc1. The molecule has 28 heavy (non-hydrogen) atoms. The third-order valence-corrected chi connectivity index (χ3v) is 5.97. The number of hydrogen-bond donors (Lipinski definition) is 0. The highest BCUT2D eigenvalue weighted by Gasteiger charge is 1.95. The molecule has 8 heteroatoms. The Hall–Kier alpha value is -2.09. The van der Waals surface area contributed by atoms with Crippen molar-refractivity contribution < 1.29 is 0 Å². The summed E-state index contributed by atoms with van der Waals surface area (Å²) in [7, 11) is 0. The molecule has 0 fully saturated rings. The highest BCUT2D eigenvalue weighted by Crippen LogP contribution is 2.23. The van der Waals surface area contributed by atoms with Crippen LogP contribution in [0.1, 0.15) is 12.8 Å². The van der Waals surface area contributed by atoms with Gasteiger partial charge in [-0.1, -0.05) is 69.6 Å². The highest BCUT2D eigenvalue weighted by atomic mass is 79.9. The molecule has 0 bridgehead atoms. The molecule has 2 aromatic carbocycles. The molecule has 0 saturated heterocycles. The van der Waals surface area contributed by atoms with Crippen molar-refractivity contribution in [2.24, 2.45) is 5.11 Å². The summed E-state index contributed by atoms with van der Waals surface area (Å²) >= 11 is 6.93. The standard InChI is InChI=1S/C10H10BrNS.C10H10N4S/c1-12-9-3-5-10(6-4-9)13-8-2-7-11;1-12-9-3-5-10(6-4-9)15-8-2-7-13-14-11/h3-6H,2,7-8H2;3-6H,2,7-8H2. The minimum atomic E-state index is 0.545. The molecule has 0 aliphatic heterocycles. The van der Waals surface area contributed by atoms with Crippen molar-refractivity contribution in [3.8, 4) is 0 Å². The van der Waals surface area contributed by atoms with Crippen LogP contribution in [0.4, 0.5) is 11.4 Å². The van der Waals surface area contributed by atoms with E-state index in [9.17, 15) is 0 Å². The first-order chi connectivity index (χ1) is 13.7. The molecule has 0 aliphatic rings. The summed E-state index contributed by atoms with van der Waals surface area (Å²) in [6.45, 7) is 14.1. The number of halogens is 1. The Labute approximate surface area is 183 Å². The van der Waals surface area contributed by atoms with Crippen molar-refractivity contribution in [2.75, 3.05) is 23.4 Å². The quantitative estimate of drug-likeness (QED) is 0.0700. The molecule has 0 saturated carbocycles. The van der Waals surface area contributed by atoms with E-state index in [1.54, 1.807) is 11.8 Å². The van der Waals surface area contributed by atoms with E-state index in [1.165, 1.54) is 11.3 Å². The topological polar surface area (TPSA) is 57.5 Å². The summed E-state index contributed by atoms with van der Waals surface area (Å²) in [5.74, 6) is 2.05. The number of azide groups is 1. The smallest absolute Gasteiger partial charge is 0.187 e. The Kier molecular flexibility index (Phi) is 13.6. The summed E-state index contributed by atoms with van der Waals surface area (Å²) in [6.07, 6.45) is 2.05. The van der Waals surface area contributed by atoms with Gasteiger partial charge in [0.05, 0.1) is 13.1 Å². The van der Waals surface area contributed by atoms with Crippen molar-refractivity contribution >= 4 is 50.8 Å². The number of alkyl halides is 1. The van der Waals surface area contributed by atoms with Crippen LogP contribution in [0.15, 0.2) is 63.4 Å². The fourth-order valence-electron chi connectivity index (χ4n) is 1.85. The van der Waals surface area contributed by atoms with Gasteiger partial charge in [-0.3, -0.25) is 0 Å². The lowest BCUT2D eigenvalue weighted by atomic mass is 10.3. The van der Waals surface area contributed by atoms with E-state index in [2.05, 4.69) is 35.6 Å². The highest BCUT2D eigenvalue weighted by molar-refractivity contribution is 9.09. The Morgan fingerprint density at radius 3 is 1.68 bits per heavy atom. The third-order valence-electron chi connectivity index (χ3n) is 3.21. The predicted octanol–water partition coefficient (Wildman–Crippen LogP) is 8.14. The largest absolute Gasteiger partial charge is 0.238 e. The van der Waals surface area contributed by atoms with Gasteiger partial charge in [0.25, 0.3) is 0 Å². The zero-order chi connectivity index (χ0) is 20.5. The van der Waals surface area contributed by atoms with Crippen LogP contribution in [0.3, 0.4) is 0 Å². The normalized spacial score (nSPS) is 9.25. The van der Waals surface area contributed by atoms with Crippen LogP contribution < -0.4 is 0 Å². The lowest BCUT2D eigenvalue weighted by Gasteiger charge is -1.99. The van der Waals surface area contributed by atoms with Crippen LogP contribution >= 0.6 is 39.5 Å². The van der Waals surface area contributed by atoms with E-state index in [0.29, 0.717) is 17.9 Å². The van der Waals surface area contributed by atoms with Crippen LogP contribution in [-0.4, -0.2) is 23.4 Å². The number of benzene rings is 2. The summed E-state index contributed by atoms with van der Waals surface area (Å²) < 4.78 is 0. The lowest BCUT2D eigenvalue weighted by molar-refractivity contribution is 0.932. The molecule has 0 unspecified atom stereocenters. The fraction of sp³-hybridized carbons (Fsp3) is 0.300. The maximum atomic E-state index is 8.06. The van der Waals surface area contributed by atoms with Gasteiger partial charge in [-0.2, -0.15) is 0 Å². The monoisotopic (exact) mass is 473 g/mol. The molecule has 0 amide bonds. The van der Waals surface area contributed by atoms with E-state index >= 15 is 0 Å². The van der Waals surface area contributed by atoms with Gasteiger partial charge in [-0.15, -0.1) is 23.5 Å². The number of rotatable bonds is 9. The number of nitrogens with zero attached hydrogens (tertiary/aromatic N) is 5. The number of thioether (sulfide) groups is 2. The Bertz CT molecular complexity index is 820. The van der Waals surface area contributed by atoms with Gasteiger partial charge in [-0.05, 0) is 29.9 Å². The summed E-state index contributed by atoms with van der Waals surface area (Å²) in [6, 6.07) is 15.2. The minimum Gasteiger partial charge on any atom is -0.238 e. The molecule has 0 heterocycles. The molecular formula is C20H20BrN5S2. The molecule has 0 aromatic heterocycles. The average molecular weight is 474 g/mol. The van der Waals surface area contributed by atoms with E-state index in [1.807, 2.05) is 60.3 Å². The summed E-state index contributed by atoms with van der Waals surface area (Å²) in [5, 5.41) is 4.51.